The molecule has 4 nitrogen and oxygen atoms in total. The summed E-state index contributed by atoms with van der Waals surface area (Å²) in [6, 6.07) is 0.292. The molecule has 1 aliphatic rings. The molecule has 0 aromatic carbocycles. The molecule has 0 atom stereocenters. The first-order valence-corrected chi connectivity index (χ1v) is 6.08. The van der Waals surface area contributed by atoms with Gasteiger partial charge in [0.2, 0.25) is 0 Å². The fourth-order valence-electron chi connectivity index (χ4n) is 2.39. The zero-order valence-corrected chi connectivity index (χ0v) is 10.2. The number of aromatic amines is 1. The molecule has 17 heavy (non-hydrogen) atoms. The number of rotatable bonds is 3. The minimum Gasteiger partial charge on any atom is -0.317 e. The molecule has 1 aliphatic heterocycles. The van der Waals surface area contributed by atoms with Gasteiger partial charge < -0.3 is 10.3 Å². The van der Waals surface area contributed by atoms with Gasteiger partial charge in [0.05, 0.1) is 11.4 Å². The number of hydrogen-bond acceptors (Lipinski definition) is 2. The summed E-state index contributed by atoms with van der Waals surface area (Å²) >= 11 is 0. The largest absolute Gasteiger partial charge is 0.326 e. The van der Waals surface area contributed by atoms with E-state index in [1.54, 1.807) is 6.08 Å². The summed E-state index contributed by atoms with van der Waals surface area (Å²) in [5, 5.41) is 3.31. The Labute approximate surface area is 101 Å². The standard InChI is InChI=1S/C13H19N3O/c1-3-5-12-11(4-2)15-13(17)16(12)10-6-8-14-9-7-10/h3-5,10,14H,2,6-9H2,1H3,(H,15,17)/b5-3-. The summed E-state index contributed by atoms with van der Waals surface area (Å²) in [5.41, 5.74) is 1.73. The number of allylic oxidation sites excluding steroid dienone is 1. The van der Waals surface area contributed by atoms with Gasteiger partial charge in [0.15, 0.2) is 0 Å². The minimum atomic E-state index is -0.0279. The van der Waals surface area contributed by atoms with Crippen molar-refractivity contribution in [2.45, 2.75) is 25.8 Å². The lowest BCUT2D eigenvalue weighted by Crippen LogP contribution is -2.33. The van der Waals surface area contributed by atoms with Crippen LogP contribution >= 0.6 is 0 Å². The summed E-state index contributed by atoms with van der Waals surface area (Å²) in [6.45, 7) is 7.65. The summed E-state index contributed by atoms with van der Waals surface area (Å²) in [5.74, 6) is 0. The quantitative estimate of drug-likeness (QED) is 0.836. The number of nitrogens with zero attached hydrogens (tertiary/aromatic N) is 1. The first-order valence-electron chi connectivity index (χ1n) is 6.08. The van der Waals surface area contributed by atoms with E-state index >= 15 is 0 Å². The fourth-order valence-corrected chi connectivity index (χ4v) is 2.39. The minimum absolute atomic E-state index is 0.0279. The highest BCUT2D eigenvalue weighted by Gasteiger charge is 2.20. The number of nitrogens with one attached hydrogen (secondary N) is 2. The molecule has 0 saturated carbocycles. The molecule has 4 heteroatoms. The van der Waals surface area contributed by atoms with Crippen LogP contribution in [0.5, 0.6) is 0 Å². The van der Waals surface area contributed by atoms with Crippen LogP contribution in [0.15, 0.2) is 17.4 Å². The third-order valence-electron chi connectivity index (χ3n) is 3.20. The molecule has 0 aliphatic carbocycles. The van der Waals surface area contributed by atoms with Gasteiger partial charge in [-0.15, -0.1) is 0 Å². The normalized spacial score (nSPS) is 17.7. The maximum absolute atomic E-state index is 12.0. The highest BCUT2D eigenvalue weighted by atomic mass is 16.1. The number of H-pyrrole nitrogens is 1. The van der Waals surface area contributed by atoms with Gasteiger partial charge in [-0.1, -0.05) is 12.7 Å². The number of piperidine rings is 1. The Hall–Kier alpha value is -1.55. The lowest BCUT2D eigenvalue weighted by Gasteiger charge is -2.24. The summed E-state index contributed by atoms with van der Waals surface area (Å²) in [6.07, 6.45) is 7.62. The smallest absolute Gasteiger partial charge is 0.317 e. The Morgan fingerprint density at radius 2 is 2.12 bits per heavy atom. The van der Waals surface area contributed by atoms with E-state index in [-0.39, 0.29) is 5.69 Å². The van der Waals surface area contributed by atoms with Crippen molar-refractivity contribution in [3.05, 3.63) is 34.5 Å². The van der Waals surface area contributed by atoms with Crippen molar-refractivity contribution in [3.63, 3.8) is 0 Å². The molecule has 1 aromatic heterocycles. The summed E-state index contributed by atoms with van der Waals surface area (Å²) in [4.78, 5) is 14.9. The van der Waals surface area contributed by atoms with E-state index in [2.05, 4.69) is 16.9 Å². The van der Waals surface area contributed by atoms with Crippen LogP contribution in [-0.2, 0) is 0 Å². The number of hydrogen-bond donors (Lipinski definition) is 2. The van der Waals surface area contributed by atoms with E-state index in [4.69, 9.17) is 0 Å². The molecular formula is C13H19N3O. The van der Waals surface area contributed by atoms with Gasteiger partial charge in [0, 0.05) is 6.04 Å². The van der Waals surface area contributed by atoms with Gasteiger partial charge >= 0.3 is 5.69 Å². The van der Waals surface area contributed by atoms with Gasteiger partial charge in [-0.3, -0.25) is 4.57 Å². The van der Waals surface area contributed by atoms with Crippen molar-refractivity contribution in [1.29, 1.82) is 0 Å². The molecule has 0 spiro atoms. The SMILES string of the molecule is C=Cc1[nH]c(=O)n(C2CCNCC2)c1/C=C\C. The predicted octanol–water partition coefficient (Wildman–Crippen LogP) is 1.78. The van der Waals surface area contributed by atoms with Crippen LogP contribution in [0.2, 0.25) is 0 Å². The Balaban J connectivity index is 2.46. The van der Waals surface area contributed by atoms with Crippen LogP contribution in [0.3, 0.4) is 0 Å². The molecule has 0 amide bonds. The maximum atomic E-state index is 12.0. The molecule has 2 heterocycles. The molecule has 0 unspecified atom stereocenters. The second kappa shape index (κ2) is 5.19. The molecule has 0 bridgehead atoms. The molecule has 1 fully saturated rings. The Kier molecular flexibility index (Phi) is 3.64. The lowest BCUT2D eigenvalue weighted by atomic mass is 10.1. The van der Waals surface area contributed by atoms with Crippen molar-refractivity contribution >= 4 is 12.2 Å². The third kappa shape index (κ3) is 2.26. The molecule has 1 aromatic rings. The molecule has 0 radical (unpaired) electrons. The number of aromatic nitrogens is 2. The third-order valence-corrected chi connectivity index (χ3v) is 3.20. The van der Waals surface area contributed by atoms with Crippen LogP contribution in [0.25, 0.3) is 12.2 Å². The lowest BCUT2D eigenvalue weighted by molar-refractivity contribution is 0.360. The Morgan fingerprint density at radius 3 is 2.71 bits per heavy atom. The van der Waals surface area contributed by atoms with Crippen molar-refractivity contribution in [2.75, 3.05) is 13.1 Å². The molecule has 2 N–H and O–H groups in total. The predicted molar refractivity (Wildman–Crippen MR) is 71.0 cm³/mol. The van der Waals surface area contributed by atoms with E-state index in [1.807, 2.05) is 23.6 Å². The van der Waals surface area contributed by atoms with Gasteiger partial charge in [0.25, 0.3) is 0 Å². The van der Waals surface area contributed by atoms with Crippen LogP contribution < -0.4 is 11.0 Å². The number of imidazole rings is 1. The van der Waals surface area contributed by atoms with Crippen LogP contribution in [-0.4, -0.2) is 22.6 Å². The molecule has 2 rings (SSSR count). The zero-order chi connectivity index (χ0) is 12.3. The molecular weight excluding hydrogens is 214 g/mol. The first-order chi connectivity index (χ1) is 8.27. The van der Waals surface area contributed by atoms with Gasteiger partial charge in [-0.25, -0.2) is 4.79 Å². The monoisotopic (exact) mass is 233 g/mol. The molecule has 1 saturated heterocycles. The first kappa shape index (κ1) is 11.9. The van der Waals surface area contributed by atoms with Gasteiger partial charge in [0.1, 0.15) is 0 Å². The summed E-state index contributed by atoms with van der Waals surface area (Å²) < 4.78 is 1.87. The van der Waals surface area contributed by atoms with Crippen LogP contribution in [0.1, 0.15) is 37.2 Å². The van der Waals surface area contributed by atoms with E-state index in [0.29, 0.717) is 6.04 Å². The Bertz CT molecular complexity index is 475. The second-order valence-electron chi connectivity index (χ2n) is 4.28. The van der Waals surface area contributed by atoms with E-state index in [0.717, 1.165) is 37.3 Å². The highest BCUT2D eigenvalue weighted by molar-refractivity contribution is 5.58. The van der Waals surface area contributed by atoms with Crippen LogP contribution in [0.4, 0.5) is 0 Å². The van der Waals surface area contributed by atoms with E-state index in [1.165, 1.54) is 0 Å². The van der Waals surface area contributed by atoms with E-state index < -0.39 is 0 Å². The Morgan fingerprint density at radius 1 is 1.41 bits per heavy atom. The highest BCUT2D eigenvalue weighted by Crippen LogP contribution is 2.21. The van der Waals surface area contributed by atoms with Crippen molar-refractivity contribution < 1.29 is 0 Å². The maximum Gasteiger partial charge on any atom is 0.326 e. The van der Waals surface area contributed by atoms with Crippen molar-refractivity contribution in [1.82, 2.24) is 14.9 Å². The second-order valence-corrected chi connectivity index (χ2v) is 4.28. The molecule has 92 valence electrons. The van der Waals surface area contributed by atoms with E-state index in [9.17, 15) is 4.79 Å². The topological polar surface area (TPSA) is 49.8 Å². The average molecular weight is 233 g/mol. The van der Waals surface area contributed by atoms with Gasteiger partial charge in [-0.2, -0.15) is 0 Å². The summed E-state index contributed by atoms with van der Waals surface area (Å²) in [7, 11) is 0. The van der Waals surface area contributed by atoms with Crippen molar-refractivity contribution in [2.24, 2.45) is 0 Å². The average Bonchev–Trinajstić information content (AvgIpc) is 2.67. The fraction of sp³-hybridized carbons (Fsp3) is 0.462. The zero-order valence-electron chi connectivity index (χ0n) is 10.2. The van der Waals surface area contributed by atoms with Crippen molar-refractivity contribution in [3.8, 4) is 0 Å². The van der Waals surface area contributed by atoms with Crippen LogP contribution in [0, 0.1) is 0 Å². The van der Waals surface area contributed by atoms with Gasteiger partial charge in [-0.05, 0) is 45.0 Å².